The highest BCUT2D eigenvalue weighted by Gasteiger charge is 2.09. The number of oxazole rings is 1. The Bertz CT molecular complexity index is 538. The van der Waals surface area contributed by atoms with E-state index in [0.29, 0.717) is 25.4 Å². The molecular weight excluding hydrogens is 242 g/mol. The highest BCUT2D eigenvalue weighted by atomic mass is 16.3. The molecule has 3 N–H and O–H groups in total. The van der Waals surface area contributed by atoms with Crippen molar-refractivity contribution < 1.29 is 9.52 Å². The first kappa shape index (κ1) is 14.0. The zero-order valence-electron chi connectivity index (χ0n) is 11.5. The van der Waals surface area contributed by atoms with Crippen LogP contribution in [0.4, 0.5) is 0 Å². The van der Waals surface area contributed by atoms with Crippen molar-refractivity contribution >= 4 is 11.1 Å². The SMILES string of the molecule is Cc1nc2ccc(CN(C)CC(O)CCN)cc2o1. The largest absolute Gasteiger partial charge is 0.441 e. The van der Waals surface area contributed by atoms with Gasteiger partial charge in [0, 0.05) is 20.0 Å². The van der Waals surface area contributed by atoms with E-state index in [0.717, 1.165) is 23.2 Å². The lowest BCUT2D eigenvalue weighted by molar-refractivity contribution is 0.117. The third kappa shape index (κ3) is 3.76. The molecule has 1 atom stereocenters. The molecule has 1 aromatic heterocycles. The van der Waals surface area contributed by atoms with Crippen LogP contribution in [-0.2, 0) is 6.54 Å². The summed E-state index contributed by atoms with van der Waals surface area (Å²) >= 11 is 0. The first-order chi connectivity index (χ1) is 9.08. The number of nitrogens with zero attached hydrogens (tertiary/aromatic N) is 2. The molecule has 0 spiro atoms. The molecule has 0 aliphatic rings. The average Bonchev–Trinajstić information content (AvgIpc) is 2.68. The van der Waals surface area contributed by atoms with Crippen LogP contribution in [0.1, 0.15) is 17.9 Å². The molecule has 0 amide bonds. The topological polar surface area (TPSA) is 75.5 Å². The van der Waals surface area contributed by atoms with Crippen molar-refractivity contribution in [3.05, 3.63) is 29.7 Å². The number of fused-ring (bicyclic) bond motifs is 1. The molecule has 0 saturated heterocycles. The molecule has 0 fully saturated rings. The number of aryl methyl sites for hydroxylation is 1. The molecule has 19 heavy (non-hydrogen) atoms. The van der Waals surface area contributed by atoms with Gasteiger partial charge in [-0.05, 0) is 37.7 Å². The Kier molecular flexibility index (Phi) is 4.52. The summed E-state index contributed by atoms with van der Waals surface area (Å²) in [6.07, 6.45) is 0.260. The van der Waals surface area contributed by atoms with Crippen molar-refractivity contribution in [3.8, 4) is 0 Å². The first-order valence-corrected chi connectivity index (χ1v) is 6.51. The van der Waals surface area contributed by atoms with E-state index in [9.17, 15) is 5.11 Å². The van der Waals surface area contributed by atoms with Gasteiger partial charge in [-0.25, -0.2) is 4.98 Å². The number of benzene rings is 1. The molecule has 0 aliphatic heterocycles. The molecule has 1 unspecified atom stereocenters. The van der Waals surface area contributed by atoms with Crippen LogP contribution in [0.25, 0.3) is 11.1 Å². The molecule has 2 rings (SSSR count). The number of aliphatic hydroxyl groups excluding tert-OH is 1. The Balaban J connectivity index is 2.00. The van der Waals surface area contributed by atoms with Crippen LogP contribution in [-0.4, -0.2) is 41.2 Å². The summed E-state index contributed by atoms with van der Waals surface area (Å²) in [5, 5.41) is 9.72. The van der Waals surface area contributed by atoms with Gasteiger partial charge in [-0.15, -0.1) is 0 Å². The monoisotopic (exact) mass is 263 g/mol. The molecule has 0 radical (unpaired) electrons. The molecule has 2 aromatic rings. The van der Waals surface area contributed by atoms with E-state index >= 15 is 0 Å². The Hall–Kier alpha value is -1.43. The third-order valence-corrected chi connectivity index (χ3v) is 3.03. The molecule has 0 saturated carbocycles. The zero-order chi connectivity index (χ0) is 13.8. The van der Waals surface area contributed by atoms with Crippen LogP contribution >= 0.6 is 0 Å². The summed E-state index contributed by atoms with van der Waals surface area (Å²) in [5.41, 5.74) is 8.26. The second-order valence-corrected chi connectivity index (χ2v) is 4.96. The molecule has 0 bridgehead atoms. The third-order valence-electron chi connectivity index (χ3n) is 3.03. The fourth-order valence-corrected chi connectivity index (χ4v) is 2.20. The standard InChI is InChI=1S/C14H21N3O2/c1-10-16-13-4-3-11(7-14(13)19-10)8-17(2)9-12(18)5-6-15/h3-4,7,12,18H,5-6,8-9,15H2,1-2H3. The number of likely N-dealkylation sites (N-methyl/N-ethyl adjacent to an activating group) is 1. The van der Waals surface area contributed by atoms with Gasteiger partial charge in [0.1, 0.15) is 5.52 Å². The molecular formula is C14H21N3O2. The van der Waals surface area contributed by atoms with Gasteiger partial charge >= 0.3 is 0 Å². The predicted octanol–water partition coefficient (Wildman–Crippen LogP) is 1.28. The molecule has 104 valence electrons. The quantitative estimate of drug-likeness (QED) is 0.821. The summed E-state index contributed by atoms with van der Waals surface area (Å²) in [6, 6.07) is 6.00. The number of aromatic nitrogens is 1. The smallest absolute Gasteiger partial charge is 0.192 e. The lowest BCUT2D eigenvalue weighted by atomic mass is 10.2. The number of hydrogen-bond acceptors (Lipinski definition) is 5. The number of rotatable bonds is 6. The maximum Gasteiger partial charge on any atom is 0.192 e. The van der Waals surface area contributed by atoms with E-state index in [2.05, 4.69) is 9.88 Å². The van der Waals surface area contributed by atoms with Crippen LogP contribution in [0, 0.1) is 6.92 Å². The van der Waals surface area contributed by atoms with E-state index < -0.39 is 0 Å². The van der Waals surface area contributed by atoms with Crippen molar-refractivity contribution in [2.45, 2.75) is 26.0 Å². The Labute approximate surface area is 113 Å². The summed E-state index contributed by atoms with van der Waals surface area (Å²) in [7, 11) is 1.98. The Morgan fingerprint density at radius 2 is 2.26 bits per heavy atom. The van der Waals surface area contributed by atoms with E-state index in [1.54, 1.807) is 0 Å². The minimum absolute atomic E-state index is 0.369. The number of aliphatic hydroxyl groups is 1. The van der Waals surface area contributed by atoms with Gasteiger partial charge in [0.15, 0.2) is 11.5 Å². The zero-order valence-corrected chi connectivity index (χ0v) is 11.5. The Morgan fingerprint density at radius 1 is 1.47 bits per heavy atom. The van der Waals surface area contributed by atoms with E-state index in [1.165, 1.54) is 0 Å². The molecule has 0 aliphatic carbocycles. The van der Waals surface area contributed by atoms with E-state index in [4.69, 9.17) is 10.2 Å². The van der Waals surface area contributed by atoms with Crippen molar-refractivity contribution in [1.29, 1.82) is 0 Å². The lowest BCUT2D eigenvalue weighted by Crippen LogP contribution is -2.30. The van der Waals surface area contributed by atoms with Gasteiger partial charge in [-0.2, -0.15) is 0 Å². The van der Waals surface area contributed by atoms with Gasteiger partial charge in [0.05, 0.1) is 6.10 Å². The van der Waals surface area contributed by atoms with E-state index in [-0.39, 0.29) is 6.10 Å². The second-order valence-electron chi connectivity index (χ2n) is 4.96. The van der Waals surface area contributed by atoms with Crippen LogP contribution in [0.5, 0.6) is 0 Å². The molecule has 5 heteroatoms. The predicted molar refractivity (Wildman–Crippen MR) is 74.8 cm³/mol. The van der Waals surface area contributed by atoms with Crippen molar-refractivity contribution in [2.75, 3.05) is 20.1 Å². The van der Waals surface area contributed by atoms with Crippen LogP contribution in [0.15, 0.2) is 22.6 Å². The lowest BCUT2D eigenvalue weighted by Gasteiger charge is -2.20. The summed E-state index contributed by atoms with van der Waals surface area (Å²) in [5.74, 6) is 0.680. The van der Waals surface area contributed by atoms with Gasteiger partial charge < -0.3 is 15.3 Å². The normalized spacial score (nSPS) is 13.3. The van der Waals surface area contributed by atoms with Crippen LogP contribution < -0.4 is 5.73 Å². The van der Waals surface area contributed by atoms with Crippen LogP contribution in [0.2, 0.25) is 0 Å². The van der Waals surface area contributed by atoms with E-state index in [1.807, 2.05) is 32.2 Å². The number of hydrogen-bond donors (Lipinski definition) is 2. The second kappa shape index (κ2) is 6.14. The molecule has 5 nitrogen and oxygen atoms in total. The number of nitrogens with two attached hydrogens (primary N) is 1. The fourth-order valence-electron chi connectivity index (χ4n) is 2.20. The highest BCUT2D eigenvalue weighted by molar-refractivity contribution is 5.73. The first-order valence-electron chi connectivity index (χ1n) is 6.51. The molecule has 1 aromatic carbocycles. The summed E-state index contributed by atoms with van der Waals surface area (Å²) < 4.78 is 5.51. The fraction of sp³-hybridized carbons (Fsp3) is 0.500. The van der Waals surface area contributed by atoms with Crippen molar-refractivity contribution in [2.24, 2.45) is 5.73 Å². The minimum atomic E-state index is -0.369. The van der Waals surface area contributed by atoms with Gasteiger partial charge in [0.25, 0.3) is 0 Å². The summed E-state index contributed by atoms with van der Waals surface area (Å²) in [4.78, 5) is 6.35. The van der Waals surface area contributed by atoms with Crippen LogP contribution in [0.3, 0.4) is 0 Å². The van der Waals surface area contributed by atoms with Crippen molar-refractivity contribution in [3.63, 3.8) is 0 Å². The maximum absolute atomic E-state index is 9.72. The van der Waals surface area contributed by atoms with Gasteiger partial charge in [0.2, 0.25) is 0 Å². The Morgan fingerprint density at radius 3 is 3.00 bits per heavy atom. The average molecular weight is 263 g/mol. The van der Waals surface area contributed by atoms with Crippen molar-refractivity contribution in [1.82, 2.24) is 9.88 Å². The molecule has 1 heterocycles. The maximum atomic E-state index is 9.72. The minimum Gasteiger partial charge on any atom is -0.441 e. The summed E-state index contributed by atoms with van der Waals surface area (Å²) in [6.45, 7) is 3.73. The highest BCUT2D eigenvalue weighted by Crippen LogP contribution is 2.17. The van der Waals surface area contributed by atoms with Gasteiger partial charge in [-0.1, -0.05) is 6.07 Å². The van der Waals surface area contributed by atoms with Gasteiger partial charge in [-0.3, -0.25) is 4.90 Å².